The van der Waals surface area contributed by atoms with Crippen LogP contribution in [-0.4, -0.2) is 4.98 Å². The number of aromatic nitrogens is 1. The molecule has 0 fully saturated rings. The van der Waals surface area contributed by atoms with Crippen LogP contribution in [0.5, 0.6) is 0 Å². The van der Waals surface area contributed by atoms with Crippen molar-refractivity contribution < 1.29 is 8.78 Å². The summed E-state index contributed by atoms with van der Waals surface area (Å²) >= 11 is 0. The van der Waals surface area contributed by atoms with Crippen molar-refractivity contribution in [3.8, 4) is 0 Å². The van der Waals surface area contributed by atoms with Gasteiger partial charge in [-0.1, -0.05) is 0 Å². The van der Waals surface area contributed by atoms with Crippen LogP contribution < -0.4 is 5.32 Å². The van der Waals surface area contributed by atoms with Crippen LogP contribution in [0.4, 0.5) is 14.5 Å². The van der Waals surface area contributed by atoms with E-state index >= 15 is 0 Å². The maximum Gasteiger partial charge on any atom is 0.160 e. The molecule has 0 bridgehead atoms. The fourth-order valence-corrected chi connectivity index (χ4v) is 2.60. The van der Waals surface area contributed by atoms with E-state index in [-0.39, 0.29) is 6.04 Å². The Labute approximate surface area is 117 Å². The van der Waals surface area contributed by atoms with Gasteiger partial charge in [-0.25, -0.2) is 8.78 Å². The Morgan fingerprint density at radius 1 is 1.05 bits per heavy atom. The molecule has 0 saturated heterocycles. The Morgan fingerprint density at radius 2 is 1.75 bits per heavy atom. The second-order valence-corrected chi connectivity index (χ2v) is 5.07. The predicted octanol–water partition coefficient (Wildman–Crippen LogP) is 4.46. The van der Waals surface area contributed by atoms with Gasteiger partial charge in [-0.05, 0) is 57.0 Å². The zero-order valence-corrected chi connectivity index (χ0v) is 12.1. The summed E-state index contributed by atoms with van der Waals surface area (Å²) in [5.41, 5.74) is 4.70. The topological polar surface area (TPSA) is 24.9 Å². The van der Waals surface area contributed by atoms with E-state index in [1.54, 1.807) is 0 Å². The highest BCUT2D eigenvalue weighted by molar-refractivity contribution is 5.47. The SMILES string of the molecule is Cc1cc(C)c(C(C)Nc2ccc(F)c(F)c2)c(C)n1. The van der Waals surface area contributed by atoms with Crippen molar-refractivity contribution in [3.05, 3.63) is 58.4 Å². The van der Waals surface area contributed by atoms with Crippen molar-refractivity contribution in [2.24, 2.45) is 0 Å². The quantitative estimate of drug-likeness (QED) is 0.895. The van der Waals surface area contributed by atoms with Crippen LogP contribution in [-0.2, 0) is 0 Å². The molecule has 0 aliphatic rings. The minimum absolute atomic E-state index is 0.0343. The number of hydrogen-bond acceptors (Lipinski definition) is 2. The first-order chi connectivity index (χ1) is 9.38. The summed E-state index contributed by atoms with van der Waals surface area (Å²) in [6, 6.07) is 5.80. The van der Waals surface area contributed by atoms with Gasteiger partial charge < -0.3 is 5.32 Å². The summed E-state index contributed by atoms with van der Waals surface area (Å²) in [4.78, 5) is 4.45. The van der Waals surface area contributed by atoms with Crippen LogP contribution >= 0.6 is 0 Å². The highest BCUT2D eigenvalue weighted by Crippen LogP contribution is 2.25. The molecular weight excluding hydrogens is 258 g/mol. The van der Waals surface area contributed by atoms with Crippen LogP contribution in [0.25, 0.3) is 0 Å². The van der Waals surface area contributed by atoms with Gasteiger partial charge >= 0.3 is 0 Å². The number of pyridine rings is 1. The molecule has 0 saturated carbocycles. The molecular formula is C16H18F2N2. The lowest BCUT2D eigenvalue weighted by atomic mass is 10.00. The number of hydrogen-bond donors (Lipinski definition) is 1. The Kier molecular flexibility index (Phi) is 4.02. The molecule has 4 heteroatoms. The van der Waals surface area contributed by atoms with Crippen molar-refractivity contribution in [2.45, 2.75) is 33.7 Å². The smallest absolute Gasteiger partial charge is 0.160 e. The monoisotopic (exact) mass is 276 g/mol. The van der Waals surface area contributed by atoms with Gasteiger partial charge in [0.25, 0.3) is 0 Å². The van der Waals surface area contributed by atoms with Crippen molar-refractivity contribution in [2.75, 3.05) is 5.32 Å². The number of nitrogens with one attached hydrogen (secondary N) is 1. The maximum atomic E-state index is 13.2. The highest BCUT2D eigenvalue weighted by Gasteiger charge is 2.13. The normalized spacial score (nSPS) is 12.3. The summed E-state index contributed by atoms with van der Waals surface area (Å²) in [7, 11) is 0. The van der Waals surface area contributed by atoms with E-state index in [2.05, 4.69) is 10.3 Å². The van der Waals surface area contributed by atoms with Gasteiger partial charge in [-0.2, -0.15) is 0 Å². The molecule has 0 amide bonds. The van der Waals surface area contributed by atoms with Gasteiger partial charge in [0.05, 0.1) is 6.04 Å². The van der Waals surface area contributed by atoms with E-state index in [0.717, 1.165) is 34.6 Å². The molecule has 0 radical (unpaired) electrons. The Morgan fingerprint density at radius 3 is 2.35 bits per heavy atom. The molecule has 2 nitrogen and oxygen atoms in total. The summed E-state index contributed by atoms with van der Waals surface area (Å²) in [5, 5.41) is 3.18. The number of halogens is 2. The number of nitrogens with zero attached hydrogens (tertiary/aromatic N) is 1. The first kappa shape index (κ1) is 14.4. The van der Waals surface area contributed by atoms with Crippen molar-refractivity contribution in [1.29, 1.82) is 0 Å². The molecule has 1 aromatic heterocycles. The molecule has 20 heavy (non-hydrogen) atoms. The second-order valence-electron chi connectivity index (χ2n) is 5.07. The van der Waals surface area contributed by atoms with Crippen molar-refractivity contribution in [3.63, 3.8) is 0 Å². The fourth-order valence-electron chi connectivity index (χ4n) is 2.60. The van der Waals surface area contributed by atoms with Gasteiger partial charge in [0.15, 0.2) is 11.6 Å². The molecule has 0 aliphatic carbocycles. The first-order valence-electron chi connectivity index (χ1n) is 6.55. The summed E-state index contributed by atoms with van der Waals surface area (Å²) in [6.07, 6.45) is 0. The van der Waals surface area contributed by atoms with E-state index in [0.29, 0.717) is 5.69 Å². The average Bonchev–Trinajstić information content (AvgIpc) is 2.32. The molecule has 2 aromatic rings. The number of aryl methyl sites for hydroxylation is 3. The molecule has 1 heterocycles. The second kappa shape index (κ2) is 5.57. The Hall–Kier alpha value is -1.97. The minimum Gasteiger partial charge on any atom is -0.378 e. The van der Waals surface area contributed by atoms with Crippen LogP contribution in [0.15, 0.2) is 24.3 Å². The zero-order valence-electron chi connectivity index (χ0n) is 12.1. The molecule has 1 atom stereocenters. The predicted molar refractivity (Wildman–Crippen MR) is 76.8 cm³/mol. The first-order valence-corrected chi connectivity index (χ1v) is 6.55. The lowest BCUT2D eigenvalue weighted by molar-refractivity contribution is 0.509. The van der Waals surface area contributed by atoms with Gasteiger partial charge in [-0.3, -0.25) is 4.98 Å². The van der Waals surface area contributed by atoms with E-state index in [4.69, 9.17) is 0 Å². The van der Waals surface area contributed by atoms with E-state index in [9.17, 15) is 8.78 Å². The molecule has 1 aromatic carbocycles. The van der Waals surface area contributed by atoms with Crippen LogP contribution in [0, 0.1) is 32.4 Å². The molecule has 1 unspecified atom stereocenters. The number of benzene rings is 1. The standard InChI is InChI=1S/C16H18F2N2/c1-9-7-10(2)19-11(3)16(9)12(4)20-13-5-6-14(17)15(18)8-13/h5-8,12,20H,1-4H3. The Bertz CT molecular complexity index is 615. The zero-order chi connectivity index (χ0) is 14.9. The third-order valence-corrected chi connectivity index (χ3v) is 3.32. The summed E-state index contributed by atoms with van der Waals surface area (Å²) < 4.78 is 26.1. The van der Waals surface area contributed by atoms with E-state index in [1.165, 1.54) is 6.07 Å². The minimum atomic E-state index is -0.849. The molecule has 0 aliphatic heterocycles. The summed E-state index contributed by atoms with van der Waals surface area (Å²) in [5.74, 6) is -1.69. The van der Waals surface area contributed by atoms with Gasteiger partial charge in [0.1, 0.15) is 0 Å². The van der Waals surface area contributed by atoms with Crippen molar-refractivity contribution in [1.82, 2.24) is 4.98 Å². The largest absolute Gasteiger partial charge is 0.378 e. The van der Waals surface area contributed by atoms with Crippen LogP contribution in [0.1, 0.15) is 35.5 Å². The molecule has 1 N–H and O–H groups in total. The van der Waals surface area contributed by atoms with Gasteiger partial charge in [0.2, 0.25) is 0 Å². The summed E-state index contributed by atoms with van der Waals surface area (Å²) in [6.45, 7) is 7.92. The maximum absolute atomic E-state index is 13.2. The highest BCUT2D eigenvalue weighted by atomic mass is 19.2. The van der Waals surface area contributed by atoms with E-state index in [1.807, 2.05) is 33.8 Å². The lowest BCUT2D eigenvalue weighted by Crippen LogP contribution is -2.11. The third-order valence-electron chi connectivity index (χ3n) is 3.32. The molecule has 2 rings (SSSR count). The number of anilines is 1. The van der Waals surface area contributed by atoms with Gasteiger partial charge in [-0.15, -0.1) is 0 Å². The van der Waals surface area contributed by atoms with Crippen LogP contribution in [0.3, 0.4) is 0 Å². The number of rotatable bonds is 3. The lowest BCUT2D eigenvalue weighted by Gasteiger charge is -2.20. The van der Waals surface area contributed by atoms with Crippen molar-refractivity contribution >= 4 is 5.69 Å². The van der Waals surface area contributed by atoms with Gasteiger partial charge in [0, 0.05) is 23.1 Å². The fraction of sp³-hybridized carbons (Fsp3) is 0.312. The Balaban J connectivity index is 2.28. The van der Waals surface area contributed by atoms with E-state index < -0.39 is 11.6 Å². The molecule has 106 valence electrons. The molecule has 0 spiro atoms. The average molecular weight is 276 g/mol. The third kappa shape index (κ3) is 2.95. The van der Waals surface area contributed by atoms with Crippen LogP contribution in [0.2, 0.25) is 0 Å².